The van der Waals surface area contributed by atoms with Gasteiger partial charge in [-0.3, -0.25) is 0 Å². The van der Waals surface area contributed by atoms with Crippen molar-refractivity contribution in [2.45, 2.75) is 22.4 Å². The normalized spacial score (nSPS) is 23.5. The van der Waals surface area contributed by atoms with E-state index in [9.17, 15) is 0 Å². The van der Waals surface area contributed by atoms with E-state index in [-0.39, 0.29) is 18.0 Å². The molecule has 2 nitrogen and oxygen atoms in total. The summed E-state index contributed by atoms with van der Waals surface area (Å²) in [7, 11) is 0. The molecule has 1 aromatic carbocycles. The number of halogens is 4. The molecule has 0 spiro atoms. The van der Waals surface area contributed by atoms with Crippen LogP contribution in [-0.2, 0) is 4.74 Å². The quantitative estimate of drug-likeness (QED) is 0.541. The summed E-state index contributed by atoms with van der Waals surface area (Å²) in [6.07, 6.45) is 2.08. The fourth-order valence-electron chi connectivity index (χ4n) is 1.84. The summed E-state index contributed by atoms with van der Waals surface area (Å²) in [6, 6.07) is 7.24. The average molecular weight is 339 g/mol. The highest BCUT2D eigenvalue weighted by molar-refractivity contribution is 6.76. The first kappa shape index (κ1) is 15.0. The third-order valence-corrected chi connectivity index (χ3v) is 3.45. The minimum Gasteiger partial charge on any atom is -0.470 e. The zero-order valence-electron chi connectivity index (χ0n) is 9.82. The van der Waals surface area contributed by atoms with E-state index in [0.717, 1.165) is 5.56 Å². The zero-order chi connectivity index (χ0) is 14.0. The number of ether oxygens (including phenoxy) is 1. The van der Waals surface area contributed by atoms with E-state index in [1.54, 1.807) is 12.1 Å². The smallest absolute Gasteiger partial charge is 0.266 e. The van der Waals surface area contributed by atoms with Gasteiger partial charge in [-0.25, -0.2) is 4.99 Å². The molecule has 0 saturated heterocycles. The van der Waals surface area contributed by atoms with E-state index in [1.807, 2.05) is 18.2 Å². The zero-order valence-corrected chi connectivity index (χ0v) is 12.8. The Morgan fingerprint density at radius 3 is 2.68 bits per heavy atom. The minimum absolute atomic E-state index is 0.0821. The van der Waals surface area contributed by atoms with Gasteiger partial charge in [0.25, 0.3) is 3.79 Å². The third kappa shape index (κ3) is 3.79. The van der Waals surface area contributed by atoms with Crippen LogP contribution in [0.3, 0.4) is 0 Å². The Bertz CT molecular complexity index is 510. The maximum atomic E-state index is 5.98. The van der Waals surface area contributed by atoms with Crippen LogP contribution in [0.25, 0.3) is 0 Å². The predicted octanol–water partition coefficient (Wildman–Crippen LogP) is 5.12. The lowest BCUT2D eigenvalue weighted by molar-refractivity contribution is 0.155. The van der Waals surface area contributed by atoms with Gasteiger partial charge in [0.05, 0.1) is 6.04 Å². The van der Waals surface area contributed by atoms with Gasteiger partial charge in [-0.1, -0.05) is 64.6 Å². The molecule has 2 atom stereocenters. The SMILES string of the molecule is C=CC1CC(c2cccc(Cl)c2)OC(C(Cl)(Cl)Cl)=N1. The lowest BCUT2D eigenvalue weighted by atomic mass is 10.0. The summed E-state index contributed by atoms with van der Waals surface area (Å²) < 4.78 is 3.99. The maximum absolute atomic E-state index is 5.98. The van der Waals surface area contributed by atoms with E-state index in [2.05, 4.69) is 11.6 Å². The molecule has 0 bridgehead atoms. The van der Waals surface area contributed by atoms with E-state index < -0.39 is 3.79 Å². The Kier molecular flexibility index (Phi) is 4.67. The molecule has 102 valence electrons. The van der Waals surface area contributed by atoms with Crippen LogP contribution in [0.1, 0.15) is 18.1 Å². The molecule has 1 heterocycles. The van der Waals surface area contributed by atoms with Crippen LogP contribution in [0.15, 0.2) is 41.9 Å². The second-order valence-corrected chi connectivity index (χ2v) is 6.85. The van der Waals surface area contributed by atoms with Crippen LogP contribution in [0.5, 0.6) is 0 Å². The first-order chi connectivity index (χ1) is 8.90. The lowest BCUT2D eigenvalue weighted by Crippen LogP contribution is -2.31. The second kappa shape index (κ2) is 5.92. The van der Waals surface area contributed by atoms with Crippen molar-refractivity contribution in [2.75, 3.05) is 0 Å². The molecule has 0 saturated carbocycles. The highest BCUT2D eigenvalue weighted by atomic mass is 35.6. The average Bonchev–Trinajstić information content (AvgIpc) is 2.37. The van der Waals surface area contributed by atoms with Crippen molar-refractivity contribution in [1.82, 2.24) is 0 Å². The fourth-order valence-corrected chi connectivity index (χ4v) is 2.31. The molecule has 0 aromatic heterocycles. The van der Waals surface area contributed by atoms with Crippen molar-refractivity contribution < 1.29 is 4.74 Å². The van der Waals surface area contributed by atoms with Gasteiger partial charge < -0.3 is 4.74 Å². The van der Waals surface area contributed by atoms with Crippen molar-refractivity contribution >= 4 is 52.3 Å². The largest absolute Gasteiger partial charge is 0.470 e. The van der Waals surface area contributed by atoms with Gasteiger partial charge in [0.2, 0.25) is 5.90 Å². The van der Waals surface area contributed by atoms with Crippen molar-refractivity contribution in [1.29, 1.82) is 0 Å². The van der Waals surface area contributed by atoms with E-state index >= 15 is 0 Å². The number of hydrogen-bond donors (Lipinski definition) is 0. The monoisotopic (exact) mass is 337 g/mol. The molecular formula is C13H11Cl4NO. The number of rotatable bonds is 2. The third-order valence-electron chi connectivity index (χ3n) is 2.73. The van der Waals surface area contributed by atoms with Crippen molar-refractivity contribution in [3.8, 4) is 0 Å². The first-order valence-electron chi connectivity index (χ1n) is 5.60. The van der Waals surface area contributed by atoms with E-state index in [4.69, 9.17) is 51.1 Å². The van der Waals surface area contributed by atoms with Crippen LogP contribution in [0.2, 0.25) is 5.02 Å². The summed E-state index contributed by atoms with van der Waals surface area (Å²) >= 11 is 23.5. The Morgan fingerprint density at radius 1 is 1.37 bits per heavy atom. The highest BCUT2D eigenvalue weighted by Gasteiger charge is 2.36. The summed E-state index contributed by atoms with van der Waals surface area (Å²) in [5.41, 5.74) is 0.918. The van der Waals surface area contributed by atoms with Gasteiger partial charge in [-0.05, 0) is 17.7 Å². The first-order valence-corrected chi connectivity index (χ1v) is 7.11. The van der Waals surface area contributed by atoms with Gasteiger partial charge in [0.1, 0.15) is 6.10 Å². The number of alkyl halides is 3. The van der Waals surface area contributed by atoms with Crippen LogP contribution in [0.4, 0.5) is 0 Å². The van der Waals surface area contributed by atoms with Gasteiger partial charge >= 0.3 is 0 Å². The number of benzene rings is 1. The Balaban J connectivity index is 2.30. The fraction of sp³-hybridized carbons (Fsp3) is 0.308. The van der Waals surface area contributed by atoms with E-state index in [1.165, 1.54) is 0 Å². The molecule has 2 unspecified atom stereocenters. The second-order valence-electron chi connectivity index (χ2n) is 4.13. The molecule has 2 rings (SSSR count). The summed E-state index contributed by atoms with van der Waals surface area (Å²) in [5.74, 6) is 0.0821. The molecule has 0 fully saturated rings. The molecule has 1 aromatic rings. The molecule has 0 aliphatic carbocycles. The highest BCUT2D eigenvalue weighted by Crippen LogP contribution is 2.37. The van der Waals surface area contributed by atoms with Crippen molar-refractivity contribution in [3.05, 3.63) is 47.5 Å². The topological polar surface area (TPSA) is 21.6 Å². The van der Waals surface area contributed by atoms with Crippen molar-refractivity contribution in [2.24, 2.45) is 4.99 Å². The van der Waals surface area contributed by atoms with Gasteiger partial charge in [0.15, 0.2) is 0 Å². The van der Waals surface area contributed by atoms with Crippen LogP contribution in [0, 0.1) is 0 Å². The van der Waals surface area contributed by atoms with Crippen LogP contribution >= 0.6 is 46.4 Å². The summed E-state index contributed by atoms with van der Waals surface area (Å²) in [5, 5.41) is 0.634. The van der Waals surface area contributed by atoms with Crippen LogP contribution in [-0.4, -0.2) is 15.7 Å². The summed E-state index contributed by atoms with van der Waals surface area (Å²) in [6.45, 7) is 3.73. The molecule has 6 heteroatoms. The maximum Gasteiger partial charge on any atom is 0.266 e. The lowest BCUT2D eigenvalue weighted by Gasteiger charge is -2.30. The molecule has 0 N–H and O–H groups in total. The standard InChI is InChI=1S/C13H11Cl4NO/c1-2-10-7-11(8-4-3-5-9(14)6-8)19-12(18-10)13(15,16)17/h2-6,10-11H,1,7H2. The van der Waals surface area contributed by atoms with Crippen molar-refractivity contribution in [3.63, 3.8) is 0 Å². The Morgan fingerprint density at radius 2 is 2.11 bits per heavy atom. The van der Waals surface area contributed by atoms with E-state index in [0.29, 0.717) is 11.4 Å². The molecule has 19 heavy (non-hydrogen) atoms. The van der Waals surface area contributed by atoms with Gasteiger partial charge in [0, 0.05) is 11.4 Å². The molecule has 1 aliphatic rings. The molecule has 0 amide bonds. The Labute approximate surface area is 132 Å². The predicted molar refractivity (Wildman–Crippen MR) is 81.6 cm³/mol. The van der Waals surface area contributed by atoms with Gasteiger partial charge in [-0.15, -0.1) is 6.58 Å². The molecule has 0 radical (unpaired) electrons. The number of hydrogen-bond acceptors (Lipinski definition) is 2. The Hall–Kier alpha value is -0.410. The number of nitrogens with zero attached hydrogens (tertiary/aromatic N) is 1. The number of aliphatic imine (C=N–C) groups is 1. The molecular weight excluding hydrogens is 328 g/mol. The van der Waals surface area contributed by atoms with Crippen LogP contribution < -0.4 is 0 Å². The van der Waals surface area contributed by atoms with Gasteiger partial charge in [-0.2, -0.15) is 0 Å². The molecule has 1 aliphatic heterocycles. The summed E-state index contributed by atoms with van der Waals surface area (Å²) in [4.78, 5) is 4.22. The minimum atomic E-state index is -1.68.